The van der Waals surface area contributed by atoms with Gasteiger partial charge in [0.25, 0.3) is 0 Å². The van der Waals surface area contributed by atoms with Gasteiger partial charge in [-0.3, -0.25) is 4.99 Å². The highest BCUT2D eigenvalue weighted by Crippen LogP contribution is 2.27. The van der Waals surface area contributed by atoms with Crippen molar-refractivity contribution >= 4 is 29.9 Å². The molecule has 27 heavy (non-hydrogen) atoms. The number of aliphatic imine (C=N–C) groups is 1. The summed E-state index contributed by atoms with van der Waals surface area (Å²) < 4.78 is 10.6. The Hall–Kier alpha value is -1.22. The van der Waals surface area contributed by atoms with E-state index in [1.807, 2.05) is 18.2 Å². The number of ether oxygens (including phenoxy) is 2. The third-order valence-electron chi connectivity index (χ3n) is 4.21. The van der Waals surface area contributed by atoms with Crippen molar-refractivity contribution in [2.75, 3.05) is 48.5 Å². The number of halogens is 1. The van der Waals surface area contributed by atoms with Gasteiger partial charge in [-0.05, 0) is 51.2 Å². The predicted molar refractivity (Wildman–Crippen MR) is 125 cm³/mol. The third kappa shape index (κ3) is 11.3. The molecule has 0 saturated carbocycles. The quantitative estimate of drug-likeness (QED) is 0.203. The fourth-order valence-electron chi connectivity index (χ4n) is 2.69. The second-order valence-electron chi connectivity index (χ2n) is 6.61. The van der Waals surface area contributed by atoms with E-state index in [0.29, 0.717) is 6.54 Å². The maximum Gasteiger partial charge on any atom is 0.191 e. The van der Waals surface area contributed by atoms with Crippen molar-refractivity contribution in [1.29, 1.82) is 0 Å². The van der Waals surface area contributed by atoms with Gasteiger partial charge in [-0.25, -0.2) is 0 Å². The van der Waals surface area contributed by atoms with Crippen LogP contribution in [0.4, 0.5) is 0 Å². The molecule has 0 fully saturated rings. The van der Waals surface area contributed by atoms with Crippen LogP contribution in [0.15, 0.2) is 23.2 Å². The highest BCUT2D eigenvalue weighted by Gasteiger charge is 2.05. The molecule has 6 nitrogen and oxygen atoms in total. The normalized spacial score (nSPS) is 11.1. The lowest BCUT2D eigenvalue weighted by Gasteiger charge is -2.13. The molecular formula is C20H37IN4O2. The van der Waals surface area contributed by atoms with Crippen LogP contribution in [0, 0.1) is 0 Å². The number of benzene rings is 1. The van der Waals surface area contributed by atoms with Crippen LogP contribution >= 0.6 is 24.0 Å². The van der Waals surface area contributed by atoms with Crippen molar-refractivity contribution < 1.29 is 9.47 Å². The Labute approximate surface area is 182 Å². The van der Waals surface area contributed by atoms with Crippen LogP contribution in [0.1, 0.15) is 37.7 Å². The predicted octanol–water partition coefficient (Wildman–Crippen LogP) is 3.50. The number of hydrogen-bond donors (Lipinski definition) is 2. The first-order valence-corrected chi connectivity index (χ1v) is 9.40. The van der Waals surface area contributed by atoms with Gasteiger partial charge >= 0.3 is 0 Å². The SMILES string of the molecule is CN=C(NCCCCCCCN(C)C)NCc1ccc(OC)c(OC)c1.I. The van der Waals surface area contributed by atoms with Gasteiger partial charge in [-0.1, -0.05) is 25.3 Å². The fraction of sp³-hybridized carbons (Fsp3) is 0.650. The summed E-state index contributed by atoms with van der Waals surface area (Å²) in [7, 11) is 9.35. The second kappa shape index (κ2) is 15.8. The van der Waals surface area contributed by atoms with Crippen LogP contribution in [-0.2, 0) is 6.54 Å². The van der Waals surface area contributed by atoms with Gasteiger partial charge in [0.05, 0.1) is 14.2 Å². The molecule has 0 amide bonds. The molecule has 156 valence electrons. The Morgan fingerprint density at radius 3 is 2.26 bits per heavy atom. The zero-order chi connectivity index (χ0) is 19.2. The van der Waals surface area contributed by atoms with E-state index in [2.05, 4.69) is 34.6 Å². The Balaban J connectivity index is 0.00000676. The van der Waals surface area contributed by atoms with E-state index in [0.717, 1.165) is 29.6 Å². The molecule has 0 aliphatic rings. The van der Waals surface area contributed by atoms with Crippen molar-refractivity contribution in [3.8, 4) is 11.5 Å². The van der Waals surface area contributed by atoms with Crippen LogP contribution in [0.5, 0.6) is 11.5 Å². The molecule has 0 aliphatic heterocycles. The van der Waals surface area contributed by atoms with Crippen molar-refractivity contribution in [3.63, 3.8) is 0 Å². The first-order chi connectivity index (χ1) is 12.6. The average Bonchev–Trinajstić information content (AvgIpc) is 2.65. The van der Waals surface area contributed by atoms with Gasteiger partial charge in [0.15, 0.2) is 17.5 Å². The van der Waals surface area contributed by atoms with Crippen molar-refractivity contribution in [1.82, 2.24) is 15.5 Å². The van der Waals surface area contributed by atoms with Crippen LogP contribution in [0.25, 0.3) is 0 Å². The standard InChI is InChI=1S/C20H36N4O2.HI/c1-21-20(22-13-9-7-6-8-10-14-24(2)3)23-16-17-11-12-18(25-4)19(15-17)26-5;/h11-12,15H,6-10,13-14,16H2,1-5H3,(H2,21,22,23);1H. The summed E-state index contributed by atoms with van der Waals surface area (Å²) in [4.78, 5) is 6.52. The van der Waals surface area contributed by atoms with Gasteiger partial charge in [0.1, 0.15) is 0 Å². The Morgan fingerprint density at radius 2 is 1.63 bits per heavy atom. The molecule has 7 heteroatoms. The van der Waals surface area contributed by atoms with E-state index < -0.39 is 0 Å². The summed E-state index contributed by atoms with van der Waals surface area (Å²) in [6.45, 7) is 2.81. The molecule has 0 heterocycles. The zero-order valence-electron chi connectivity index (χ0n) is 17.5. The van der Waals surface area contributed by atoms with Gasteiger partial charge in [0.2, 0.25) is 0 Å². The lowest BCUT2D eigenvalue weighted by atomic mass is 10.1. The van der Waals surface area contributed by atoms with Crippen LogP contribution in [0.2, 0.25) is 0 Å². The maximum atomic E-state index is 5.34. The highest BCUT2D eigenvalue weighted by molar-refractivity contribution is 14.0. The summed E-state index contributed by atoms with van der Waals surface area (Å²) in [5.74, 6) is 2.31. The molecule has 0 bridgehead atoms. The van der Waals surface area contributed by atoms with Gasteiger partial charge in [0, 0.05) is 20.1 Å². The highest BCUT2D eigenvalue weighted by atomic mass is 127. The molecule has 0 spiro atoms. The van der Waals surface area contributed by atoms with Crippen molar-refractivity contribution in [3.05, 3.63) is 23.8 Å². The summed E-state index contributed by atoms with van der Waals surface area (Å²) >= 11 is 0. The first-order valence-electron chi connectivity index (χ1n) is 9.40. The molecule has 0 aliphatic carbocycles. The molecule has 0 saturated heterocycles. The second-order valence-corrected chi connectivity index (χ2v) is 6.61. The van der Waals surface area contributed by atoms with E-state index in [4.69, 9.17) is 9.47 Å². The van der Waals surface area contributed by atoms with Crippen molar-refractivity contribution in [2.45, 2.75) is 38.6 Å². The summed E-state index contributed by atoms with van der Waals surface area (Å²) in [5.41, 5.74) is 1.12. The average molecular weight is 492 g/mol. The number of unbranched alkanes of at least 4 members (excludes halogenated alkanes) is 4. The molecule has 0 unspecified atom stereocenters. The summed E-state index contributed by atoms with van der Waals surface area (Å²) in [5, 5.41) is 6.71. The number of hydrogen-bond acceptors (Lipinski definition) is 4. The summed E-state index contributed by atoms with van der Waals surface area (Å²) in [6, 6.07) is 5.92. The zero-order valence-corrected chi connectivity index (χ0v) is 19.8. The first kappa shape index (κ1) is 25.8. The van der Waals surface area contributed by atoms with Gasteiger partial charge in [-0.15, -0.1) is 24.0 Å². The number of methoxy groups -OCH3 is 2. The largest absolute Gasteiger partial charge is 0.493 e. The molecular weight excluding hydrogens is 455 g/mol. The summed E-state index contributed by atoms with van der Waals surface area (Å²) in [6.07, 6.45) is 6.32. The number of nitrogens with one attached hydrogen (secondary N) is 2. The molecule has 0 radical (unpaired) electrons. The fourth-order valence-corrected chi connectivity index (χ4v) is 2.69. The smallest absolute Gasteiger partial charge is 0.191 e. The van der Waals surface area contributed by atoms with Gasteiger partial charge < -0.3 is 25.0 Å². The van der Waals surface area contributed by atoms with E-state index in [-0.39, 0.29) is 24.0 Å². The molecule has 1 aromatic rings. The third-order valence-corrected chi connectivity index (χ3v) is 4.21. The maximum absolute atomic E-state index is 5.34. The van der Waals surface area contributed by atoms with E-state index >= 15 is 0 Å². The van der Waals surface area contributed by atoms with E-state index in [1.165, 1.54) is 38.6 Å². The monoisotopic (exact) mass is 492 g/mol. The van der Waals surface area contributed by atoms with E-state index in [9.17, 15) is 0 Å². The Morgan fingerprint density at radius 1 is 0.963 bits per heavy atom. The number of rotatable bonds is 12. The van der Waals surface area contributed by atoms with Crippen LogP contribution in [0.3, 0.4) is 0 Å². The molecule has 1 rings (SSSR count). The number of nitrogens with zero attached hydrogens (tertiary/aromatic N) is 2. The minimum Gasteiger partial charge on any atom is -0.493 e. The minimum absolute atomic E-state index is 0. The Kier molecular flexibility index (Phi) is 15.1. The topological polar surface area (TPSA) is 58.1 Å². The molecule has 1 aromatic carbocycles. The minimum atomic E-state index is 0. The van der Waals surface area contributed by atoms with Crippen LogP contribution < -0.4 is 20.1 Å². The molecule has 2 N–H and O–H groups in total. The molecule has 0 aromatic heterocycles. The lowest BCUT2D eigenvalue weighted by Crippen LogP contribution is -2.37. The van der Waals surface area contributed by atoms with Gasteiger partial charge in [-0.2, -0.15) is 0 Å². The molecule has 0 atom stereocenters. The van der Waals surface area contributed by atoms with E-state index in [1.54, 1.807) is 21.3 Å². The number of guanidine groups is 1. The lowest BCUT2D eigenvalue weighted by molar-refractivity contribution is 0.354. The Bertz CT molecular complexity index is 539. The van der Waals surface area contributed by atoms with Crippen molar-refractivity contribution in [2.24, 2.45) is 4.99 Å². The van der Waals surface area contributed by atoms with Crippen LogP contribution in [-0.4, -0.2) is 59.3 Å².